The largest absolute Gasteiger partial charge is 0.381 e. The van der Waals surface area contributed by atoms with Gasteiger partial charge in [0, 0.05) is 19.3 Å². The zero-order valence-corrected chi connectivity index (χ0v) is 10.1. The van der Waals surface area contributed by atoms with E-state index in [1.807, 2.05) is 4.90 Å². The van der Waals surface area contributed by atoms with Gasteiger partial charge in [-0.15, -0.1) is 0 Å². The smallest absolute Gasteiger partial charge is 0.241 e. The van der Waals surface area contributed by atoms with E-state index < -0.39 is 0 Å². The van der Waals surface area contributed by atoms with E-state index >= 15 is 0 Å². The zero-order valence-electron chi connectivity index (χ0n) is 10.1. The summed E-state index contributed by atoms with van der Waals surface area (Å²) in [6, 6.07) is 0.475. The van der Waals surface area contributed by atoms with Crippen molar-refractivity contribution < 1.29 is 9.53 Å². The van der Waals surface area contributed by atoms with Gasteiger partial charge in [-0.2, -0.15) is 0 Å². The summed E-state index contributed by atoms with van der Waals surface area (Å²) >= 11 is 0. The van der Waals surface area contributed by atoms with Gasteiger partial charge in [0.05, 0.1) is 12.7 Å². The lowest BCUT2D eigenvalue weighted by Crippen LogP contribution is -2.41. The molecule has 0 aliphatic carbocycles. The molecule has 0 aromatic rings. The minimum atomic E-state index is 0.0720. The fourth-order valence-corrected chi connectivity index (χ4v) is 2.51. The van der Waals surface area contributed by atoms with Gasteiger partial charge in [-0.3, -0.25) is 10.1 Å². The third-order valence-corrected chi connectivity index (χ3v) is 3.57. The van der Waals surface area contributed by atoms with Crippen LogP contribution in [0.5, 0.6) is 0 Å². The molecule has 0 spiro atoms. The molecule has 1 N–H and O–H groups in total. The Morgan fingerprint density at radius 2 is 2.19 bits per heavy atom. The van der Waals surface area contributed by atoms with Crippen LogP contribution in [-0.2, 0) is 9.53 Å². The van der Waals surface area contributed by atoms with Gasteiger partial charge >= 0.3 is 0 Å². The Kier molecular flexibility index (Phi) is 4.18. The monoisotopic (exact) mass is 226 g/mol. The number of hydrogen-bond acceptors (Lipinski definition) is 3. The average Bonchev–Trinajstić information content (AvgIpc) is 2.69. The first-order valence-electron chi connectivity index (χ1n) is 6.44. The highest BCUT2D eigenvalue weighted by molar-refractivity contribution is 5.84. The summed E-state index contributed by atoms with van der Waals surface area (Å²) in [7, 11) is 0. The first-order chi connectivity index (χ1) is 7.83. The molecule has 0 aromatic heterocycles. The number of nitrogens with one attached hydrogen (secondary N) is 1. The second-order valence-electron chi connectivity index (χ2n) is 4.71. The van der Waals surface area contributed by atoms with Crippen LogP contribution >= 0.6 is 0 Å². The molecule has 2 aliphatic heterocycles. The lowest BCUT2D eigenvalue weighted by molar-refractivity contribution is -0.132. The molecule has 0 saturated carbocycles. The summed E-state index contributed by atoms with van der Waals surface area (Å²) in [6.45, 7) is 4.50. The number of nitrogens with zero attached hydrogens (tertiary/aromatic N) is 1. The highest BCUT2D eigenvalue weighted by Gasteiger charge is 2.35. The molecule has 16 heavy (non-hydrogen) atoms. The maximum Gasteiger partial charge on any atom is 0.241 e. The van der Waals surface area contributed by atoms with Crippen molar-refractivity contribution in [2.75, 3.05) is 19.9 Å². The van der Waals surface area contributed by atoms with E-state index in [0.29, 0.717) is 11.9 Å². The van der Waals surface area contributed by atoms with Crippen molar-refractivity contribution in [2.24, 2.45) is 0 Å². The Morgan fingerprint density at radius 3 is 2.88 bits per heavy atom. The van der Waals surface area contributed by atoms with Gasteiger partial charge in [-0.1, -0.05) is 19.8 Å². The highest BCUT2D eigenvalue weighted by atomic mass is 16.5. The van der Waals surface area contributed by atoms with Gasteiger partial charge in [-0.25, -0.2) is 0 Å². The van der Waals surface area contributed by atoms with Gasteiger partial charge in [0.2, 0.25) is 5.91 Å². The Labute approximate surface area is 97.3 Å². The molecule has 2 fully saturated rings. The van der Waals surface area contributed by atoms with Crippen LogP contribution in [0.25, 0.3) is 0 Å². The molecule has 0 radical (unpaired) electrons. The topological polar surface area (TPSA) is 41.6 Å². The van der Waals surface area contributed by atoms with Crippen molar-refractivity contribution in [3.63, 3.8) is 0 Å². The number of unbranched alkanes of at least 4 members (excludes halogenated alkanes) is 1. The van der Waals surface area contributed by atoms with Crippen LogP contribution in [0.15, 0.2) is 0 Å². The fraction of sp³-hybridized carbons (Fsp3) is 0.917. The second kappa shape index (κ2) is 5.64. The molecule has 2 saturated heterocycles. The molecule has 4 nitrogen and oxygen atoms in total. The first kappa shape index (κ1) is 11.9. The summed E-state index contributed by atoms with van der Waals surface area (Å²) in [5.41, 5.74) is 0. The average molecular weight is 226 g/mol. The standard InChI is InChI=1S/C12H22N2O2/c1-2-3-4-11-12(15)14(9-13-11)10-5-7-16-8-6-10/h10-11,13H,2-9H2,1H3. The van der Waals surface area contributed by atoms with Crippen molar-refractivity contribution in [1.82, 2.24) is 10.2 Å². The van der Waals surface area contributed by atoms with Crippen molar-refractivity contribution in [1.29, 1.82) is 0 Å². The number of hydrogen-bond donors (Lipinski definition) is 1. The molecule has 2 heterocycles. The summed E-state index contributed by atoms with van der Waals surface area (Å²) in [6.07, 6.45) is 5.25. The van der Waals surface area contributed by atoms with E-state index in [-0.39, 0.29) is 6.04 Å². The number of carbonyl (C=O) groups excluding carboxylic acids is 1. The van der Waals surface area contributed by atoms with E-state index in [2.05, 4.69) is 12.2 Å². The van der Waals surface area contributed by atoms with Crippen LogP contribution < -0.4 is 5.32 Å². The third kappa shape index (κ3) is 2.55. The lowest BCUT2D eigenvalue weighted by Gasteiger charge is -2.30. The molecule has 4 heteroatoms. The van der Waals surface area contributed by atoms with Crippen molar-refractivity contribution in [2.45, 2.75) is 51.1 Å². The molecular weight excluding hydrogens is 204 g/mol. The Hall–Kier alpha value is -0.610. The fourth-order valence-electron chi connectivity index (χ4n) is 2.51. The number of carbonyl (C=O) groups is 1. The SMILES string of the molecule is CCCCC1NCN(C2CCOCC2)C1=O. The Morgan fingerprint density at radius 1 is 1.44 bits per heavy atom. The molecule has 1 amide bonds. The van der Waals surface area contributed by atoms with Crippen LogP contribution in [0.3, 0.4) is 0 Å². The summed E-state index contributed by atoms with van der Waals surface area (Å²) in [5.74, 6) is 0.306. The predicted octanol–water partition coefficient (Wildman–Crippen LogP) is 1.11. The molecule has 92 valence electrons. The quantitative estimate of drug-likeness (QED) is 0.781. The molecule has 2 rings (SSSR count). The van der Waals surface area contributed by atoms with Crippen LogP contribution in [0, 0.1) is 0 Å². The normalized spacial score (nSPS) is 27.7. The number of rotatable bonds is 4. The minimum Gasteiger partial charge on any atom is -0.381 e. The maximum absolute atomic E-state index is 12.1. The maximum atomic E-state index is 12.1. The predicted molar refractivity (Wildman–Crippen MR) is 62.0 cm³/mol. The second-order valence-corrected chi connectivity index (χ2v) is 4.71. The molecule has 1 atom stereocenters. The van der Waals surface area contributed by atoms with Gasteiger partial charge in [-0.05, 0) is 19.3 Å². The zero-order chi connectivity index (χ0) is 11.4. The molecule has 1 unspecified atom stereocenters. The summed E-state index contributed by atoms with van der Waals surface area (Å²) in [4.78, 5) is 14.1. The van der Waals surface area contributed by atoms with E-state index in [0.717, 1.165) is 52.0 Å². The van der Waals surface area contributed by atoms with Gasteiger partial charge in [0.1, 0.15) is 0 Å². The van der Waals surface area contributed by atoms with Crippen LogP contribution in [0.4, 0.5) is 0 Å². The molecular formula is C12H22N2O2. The molecule has 2 aliphatic rings. The van der Waals surface area contributed by atoms with Crippen LogP contribution in [0.2, 0.25) is 0 Å². The van der Waals surface area contributed by atoms with E-state index in [4.69, 9.17) is 4.74 Å². The molecule has 0 aromatic carbocycles. The van der Waals surface area contributed by atoms with Crippen molar-refractivity contribution in [3.05, 3.63) is 0 Å². The van der Waals surface area contributed by atoms with Crippen LogP contribution in [0.1, 0.15) is 39.0 Å². The minimum absolute atomic E-state index is 0.0720. The lowest BCUT2D eigenvalue weighted by atomic mass is 10.1. The molecule has 0 bridgehead atoms. The van der Waals surface area contributed by atoms with Crippen molar-refractivity contribution in [3.8, 4) is 0 Å². The summed E-state index contributed by atoms with van der Waals surface area (Å²) in [5, 5.41) is 3.32. The van der Waals surface area contributed by atoms with Gasteiger partial charge in [0.15, 0.2) is 0 Å². The van der Waals surface area contributed by atoms with Gasteiger partial charge in [0.25, 0.3) is 0 Å². The Balaban J connectivity index is 1.85. The number of amides is 1. The van der Waals surface area contributed by atoms with E-state index in [1.54, 1.807) is 0 Å². The summed E-state index contributed by atoms with van der Waals surface area (Å²) < 4.78 is 5.33. The number of ether oxygens (including phenoxy) is 1. The van der Waals surface area contributed by atoms with E-state index in [1.165, 1.54) is 0 Å². The van der Waals surface area contributed by atoms with Gasteiger partial charge < -0.3 is 9.64 Å². The first-order valence-corrected chi connectivity index (χ1v) is 6.44. The Bertz CT molecular complexity index is 239. The highest BCUT2D eigenvalue weighted by Crippen LogP contribution is 2.19. The van der Waals surface area contributed by atoms with Crippen LogP contribution in [-0.4, -0.2) is 42.8 Å². The third-order valence-electron chi connectivity index (χ3n) is 3.57. The van der Waals surface area contributed by atoms with E-state index in [9.17, 15) is 4.79 Å². The van der Waals surface area contributed by atoms with Crippen molar-refractivity contribution >= 4 is 5.91 Å².